The molecule has 5 heteroatoms. The zero-order valence-corrected chi connectivity index (χ0v) is 10.7. The average molecular weight is 254 g/mol. The highest BCUT2D eigenvalue weighted by atomic mass is 35.5. The van der Waals surface area contributed by atoms with Crippen LogP contribution in [0.3, 0.4) is 0 Å². The Morgan fingerprint density at radius 3 is 2.94 bits per heavy atom. The molecular formula is C11H12ClN3S. The molecule has 84 valence electrons. The second-order valence-corrected chi connectivity index (χ2v) is 5.29. The number of anilines is 1. The fourth-order valence-corrected chi connectivity index (χ4v) is 2.56. The number of nitrogens with one attached hydrogen (secondary N) is 1. The van der Waals surface area contributed by atoms with Gasteiger partial charge in [0.25, 0.3) is 0 Å². The van der Waals surface area contributed by atoms with Gasteiger partial charge < -0.3 is 5.32 Å². The molecule has 3 nitrogen and oxygen atoms in total. The van der Waals surface area contributed by atoms with Gasteiger partial charge in [-0.05, 0) is 19.4 Å². The van der Waals surface area contributed by atoms with Gasteiger partial charge in [-0.1, -0.05) is 18.2 Å². The summed E-state index contributed by atoms with van der Waals surface area (Å²) in [4.78, 5) is 10.8. The first kappa shape index (κ1) is 11.4. The molecule has 0 aliphatic rings. The van der Waals surface area contributed by atoms with Crippen LogP contribution < -0.4 is 5.32 Å². The Hall–Kier alpha value is -1.13. The Morgan fingerprint density at radius 1 is 1.50 bits per heavy atom. The number of hydrogen-bond acceptors (Lipinski definition) is 4. The average Bonchev–Trinajstić information content (AvgIpc) is 2.52. The highest BCUT2D eigenvalue weighted by Gasteiger charge is 2.11. The lowest BCUT2D eigenvalue weighted by atomic mass is 10.2. The fraction of sp³-hybridized carbons (Fsp3) is 0.273. The van der Waals surface area contributed by atoms with Crippen LogP contribution in [0, 0.1) is 13.8 Å². The van der Waals surface area contributed by atoms with Crippen molar-refractivity contribution in [2.75, 3.05) is 11.9 Å². The summed E-state index contributed by atoms with van der Waals surface area (Å²) in [6.07, 6.45) is 1.57. The molecule has 2 rings (SSSR count). The van der Waals surface area contributed by atoms with E-state index in [0.29, 0.717) is 11.6 Å². The number of rotatable bonds is 3. The molecule has 2 aromatic heterocycles. The van der Waals surface area contributed by atoms with Gasteiger partial charge >= 0.3 is 0 Å². The maximum Gasteiger partial charge on any atom is 0.138 e. The first-order chi connectivity index (χ1) is 7.59. The third-order valence-electron chi connectivity index (χ3n) is 2.41. The second kappa shape index (κ2) is 4.39. The van der Waals surface area contributed by atoms with Crippen LogP contribution in [-0.4, -0.2) is 16.5 Å². The molecule has 0 bridgehead atoms. The van der Waals surface area contributed by atoms with Gasteiger partial charge in [0.15, 0.2) is 0 Å². The standard InChI is InChI=1S/C11H12ClN3S/c1-6(12)4-13-10-9-7(2)8(3)16-11(9)15-5-14-10/h5H,1,4H2,2-3H3,(H,13,14,15). The Morgan fingerprint density at radius 2 is 2.25 bits per heavy atom. The summed E-state index contributed by atoms with van der Waals surface area (Å²) >= 11 is 7.41. The maximum atomic E-state index is 5.73. The van der Waals surface area contributed by atoms with E-state index in [-0.39, 0.29) is 0 Å². The summed E-state index contributed by atoms with van der Waals surface area (Å²) < 4.78 is 0. The minimum absolute atomic E-state index is 0.516. The summed E-state index contributed by atoms with van der Waals surface area (Å²) in [5.41, 5.74) is 1.23. The van der Waals surface area contributed by atoms with Crippen molar-refractivity contribution in [3.05, 3.63) is 28.4 Å². The van der Waals surface area contributed by atoms with Gasteiger partial charge in [0.1, 0.15) is 17.0 Å². The lowest BCUT2D eigenvalue weighted by molar-refractivity contribution is 1.18. The van der Waals surface area contributed by atoms with E-state index in [1.165, 1.54) is 10.4 Å². The molecule has 0 saturated carbocycles. The molecule has 0 radical (unpaired) electrons. The first-order valence-corrected chi connectivity index (χ1v) is 6.07. The van der Waals surface area contributed by atoms with Crippen LogP contribution in [0.25, 0.3) is 10.2 Å². The molecule has 0 aromatic carbocycles. The van der Waals surface area contributed by atoms with Crippen molar-refractivity contribution in [3.8, 4) is 0 Å². The van der Waals surface area contributed by atoms with Gasteiger partial charge in [-0.15, -0.1) is 11.3 Å². The van der Waals surface area contributed by atoms with Gasteiger partial charge in [-0.3, -0.25) is 0 Å². The van der Waals surface area contributed by atoms with Gasteiger partial charge in [-0.2, -0.15) is 0 Å². The van der Waals surface area contributed by atoms with Crippen LogP contribution in [0.1, 0.15) is 10.4 Å². The molecule has 0 aliphatic carbocycles. The second-order valence-electron chi connectivity index (χ2n) is 3.56. The Labute approximate surface area is 103 Å². The molecule has 0 amide bonds. The number of halogens is 1. The Kier molecular flexibility index (Phi) is 3.12. The minimum atomic E-state index is 0.516. The summed E-state index contributed by atoms with van der Waals surface area (Å²) in [6.45, 7) is 8.33. The molecule has 0 atom stereocenters. The van der Waals surface area contributed by atoms with Gasteiger partial charge in [0, 0.05) is 9.91 Å². The van der Waals surface area contributed by atoms with Crippen LogP contribution in [-0.2, 0) is 0 Å². The third kappa shape index (κ3) is 2.03. The third-order valence-corrected chi connectivity index (χ3v) is 3.66. The van der Waals surface area contributed by atoms with Crippen LogP contribution >= 0.6 is 22.9 Å². The zero-order chi connectivity index (χ0) is 11.7. The highest BCUT2D eigenvalue weighted by Crippen LogP contribution is 2.32. The van der Waals surface area contributed by atoms with Crippen LogP contribution in [0.2, 0.25) is 0 Å². The van der Waals surface area contributed by atoms with E-state index in [9.17, 15) is 0 Å². The van der Waals surface area contributed by atoms with Gasteiger partial charge in [0.2, 0.25) is 0 Å². The minimum Gasteiger partial charge on any atom is -0.364 e. The summed E-state index contributed by atoms with van der Waals surface area (Å²) in [7, 11) is 0. The van der Waals surface area contributed by atoms with Crippen LogP contribution in [0.5, 0.6) is 0 Å². The topological polar surface area (TPSA) is 37.8 Å². The number of aromatic nitrogens is 2. The molecule has 0 fully saturated rings. The first-order valence-electron chi connectivity index (χ1n) is 4.87. The molecule has 0 unspecified atom stereocenters. The van der Waals surface area contributed by atoms with Crippen molar-refractivity contribution in [1.29, 1.82) is 0 Å². The van der Waals surface area contributed by atoms with Crippen LogP contribution in [0.4, 0.5) is 5.82 Å². The van der Waals surface area contributed by atoms with Crippen molar-refractivity contribution >= 4 is 39.0 Å². The molecule has 0 spiro atoms. The van der Waals surface area contributed by atoms with Crippen molar-refractivity contribution in [2.45, 2.75) is 13.8 Å². The normalized spacial score (nSPS) is 10.7. The molecular weight excluding hydrogens is 242 g/mol. The number of aryl methyl sites for hydroxylation is 2. The van der Waals surface area contributed by atoms with Gasteiger partial charge in [0.05, 0.1) is 11.9 Å². The molecule has 16 heavy (non-hydrogen) atoms. The number of hydrogen-bond donors (Lipinski definition) is 1. The van der Waals surface area contributed by atoms with E-state index in [1.807, 2.05) is 0 Å². The fourth-order valence-electron chi connectivity index (χ4n) is 1.50. The van der Waals surface area contributed by atoms with Crippen molar-refractivity contribution < 1.29 is 0 Å². The lowest BCUT2D eigenvalue weighted by Gasteiger charge is -2.05. The highest BCUT2D eigenvalue weighted by molar-refractivity contribution is 7.18. The van der Waals surface area contributed by atoms with E-state index >= 15 is 0 Å². The van der Waals surface area contributed by atoms with Crippen molar-refractivity contribution in [3.63, 3.8) is 0 Å². The zero-order valence-electron chi connectivity index (χ0n) is 9.17. The molecule has 0 aliphatic heterocycles. The Balaban J connectivity index is 2.48. The summed E-state index contributed by atoms with van der Waals surface area (Å²) in [6, 6.07) is 0. The van der Waals surface area contributed by atoms with Gasteiger partial charge in [-0.25, -0.2) is 9.97 Å². The van der Waals surface area contributed by atoms with Crippen molar-refractivity contribution in [2.24, 2.45) is 0 Å². The number of thiophene rings is 1. The summed E-state index contributed by atoms with van der Waals surface area (Å²) in [5.74, 6) is 0.827. The van der Waals surface area contributed by atoms with Crippen LogP contribution in [0.15, 0.2) is 17.9 Å². The maximum absolute atomic E-state index is 5.73. The predicted octanol–water partition coefficient (Wildman–Crippen LogP) is 3.47. The molecule has 1 N–H and O–H groups in total. The molecule has 2 heterocycles. The number of nitrogens with zero attached hydrogens (tertiary/aromatic N) is 2. The monoisotopic (exact) mass is 253 g/mol. The van der Waals surface area contributed by atoms with E-state index in [1.54, 1.807) is 17.7 Å². The lowest BCUT2D eigenvalue weighted by Crippen LogP contribution is -2.03. The smallest absolute Gasteiger partial charge is 0.138 e. The largest absolute Gasteiger partial charge is 0.364 e. The quantitative estimate of drug-likeness (QED) is 0.910. The van der Waals surface area contributed by atoms with E-state index < -0.39 is 0 Å². The molecule has 0 saturated heterocycles. The van der Waals surface area contributed by atoms with E-state index in [2.05, 4.69) is 35.7 Å². The van der Waals surface area contributed by atoms with Crippen molar-refractivity contribution in [1.82, 2.24) is 9.97 Å². The molecule has 2 aromatic rings. The number of fused-ring (bicyclic) bond motifs is 1. The summed E-state index contributed by atoms with van der Waals surface area (Å²) in [5, 5.41) is 4.82. The Bertz CT molecular complexity index is 547. The predicted molar refractivity (Wildman–Crippen MR) is 70.4 cm³/mol. The SMILES string of the molecule is C=C(Cl)CNc1ncnc2sc(C)c(C)c12. The van der Waals surface area contributed by atoms with E-state index in [4.69, 9.17) is 11.6 Å². The van der Waals surface area contributed by atoms with E-state index in [0.717, 1.165) is 16.0 Å².